The lowest BCUT2D eigenvalue weighted by molar-refractivity contribution is -0.274. The van der Waals surface area contributed by atoms with Gasteiger partial charge in [0.25, 0.3) is 0 Å². The summed E-state index contributed by atoms with van der Waals surface area (Å²) in [7, 11) is 1.50. The summed E-state index contributed by atoms with van der Waals surface area (Å²) in [5.41, 5.74) is 1.12. The normalized spacial score (nSPS) is 11.2. The predicted octanol–water partition coefficient (Wildman–Crippen LogP) is 4.91. The van der Waals surface area contributed by atoms with Crippen molar-refractivity contribution in [2.45, 2.75) is 6.36 Å². The van der Waals surface area contributed by atoms with Crippen molar-refractivity contribution in [2.75, 3.05) is 7.11 Å². The Morgan fingerprint density at radius 2 is 1.75 bits per heavy atom. The molecule has 0 aliphatic rings. The Balaban J connectivity index is 2.36. The van der Waals surface area contributed by atoms with Gasteiger partial charge in [0.2, 0.25) is 0 Å². The zero-order chi connectivity index (χ0) is 14.8. The van der Waals surface area contributed by atoms with Crippen LogP contribution in [0.5, 0.6) is 11.5 Å². The monoisotopic (exact) mass is 302 g/mol. The third-order valence-corrected chi connectivity index (χ3v) is 2.87. The van der Waals surface area contributed by atoms with E-state index in [-0.39, 0.29) is 5.75 Å². The van der Waals surface area contributed by atoms with Gasteiger partial charge in [-0.25, -0.2) is 0 Å². The largest absolute Gasteiger partial charge is 0.573 e. The molecule has 2 aromatic carbocycles. The van der Waals surface area contributed by atoms with Crippen LogP contribution in [0.3, 0.4) is 0 Å². The summed E-state index contributed by atoms with van der Waals surface area (Å²) in [6.07, 6.45) is -4.72. The molecule has 0 amide bonds. The highest BCUT2D eigenvalue weighted by Gasteiger charge is 2.31. The van der Waals surface area contributed by atoms with E-state index in [0.29, 0.717) is 21.9 Å². The molecule has 20 heavy (non-hydrogen) atoms. The van der Waals surface area contributed by atoms with Crippen molar-refractivity contribution in [1.82, 2.24) is 0 Å². The van der Waals surface area contributed by atoms with Gasteiger partial charge in [-0.15, -0.1) is 13.2 Å². The van der Waals surface area contributed by atoms with Gasteiger partial charge >= 0.3 is 6.36 Å². The first-order valence-electron chi connectivity index (χ1n) is 5.59. The van der Waals surface area contributed by atoms with Gasteiger partial charge in [0.15, 0.2) is 0 Å². The zero-order valence-corrected chi connectivity index (χ0v) is 11.1. The first-order valence-corrected chi connectivity index (χ1v) is 5.96. The van der Waals surface area contributed by atoms with Crippen molar-refractivity contribution in [3.63, 3.8) is 0 Å². The molecule has 0 unspecified atom stereocenters. The number of methoxy groups -OCH3 is 1. The van der Waals surface area contributed by atoms with Crippen LogP contribution >= 0.6 is 11.6 Å². The minimum Gasteiger partial charge on any atom is -0.497 e. The van der Waals surface area contributed by atoms with Gasteiger partial charge in [0, 0.05) is 5.56 Å². The Kier molecular flexibility index (Phi) is 4.09. The fourth-order valence-corrected chi connectivity index (χ4v) is 2.00. The van der Waals surface area contributed by atoms with Crippen LogP contribution in [0.2, 0.25) is 5.02 Å². The third kappa shape index (κ3) is 3.57. The topological polar surface area (TPSA) is 18.5 Å². The molecule has 0 aromatic heterocycles. The molecule has 0 aliphatic carbocycles. The van der Waals surface area contributed by atoms with Crippen LogP contribution < -0.4 is 9.47 Å². The minimum atomic E-state index is -4.72. The zero-order valence-electron chi connectivity index (χ0n) is 10.4. The van der Waals surface area contributed by atoms with E-state index in [1.54, 1.807) is 24.3 Å². The molecule has 0 saturated heterocycles. The number of ether oxygens (including phenoxy) is 2. The van der Waals surface area contributed by atoms with Gasteiger partial charge < -0.3 is 9.47 Å². The average Bonchev–Trinajstić information content (AvgIpc) is 2.36. The smallest absolute Gasteiger partial charge is 0.497 e. The Bertz CT molecular complexity index is 612. The summed E-state index contributed by atoms with van der Waals surface area (Å²) in [6.45, 7) is 0. The van der Waals surface area contributed by atoms with Crippen LogP contribution in [0.1, 0.15) is 0 Å². The minimum absolute atomic E-state index is 0.290. The lowest BCUT2D eigenvalue weighted by atomic mass is 10.1. The van der Waals surface area contributed by atoms with Gasteiger partial charge in [-0.3, -0.25) is 0 Å². The molecule has 0 N–H and O–H groups in total. The van der Waals surface area contributed by atoms with Gasteiger partial charge in [-0.05, 0) is 35.9 Å². The summed E-state index contributed by atoms with van der Waals surface area (Å²) >= 11 is 6.09. The Labute approximate surface area is 118 Å². The van der Waals surface area contributed by atoms with Crippen molar-refractivity contribution in [3.05, 3.63) is 47.5 Å². The lowest BCUT2D eigenvalue weighted by Gasteiger charge is -2.11. The average molecular weight is 303 g/mol. The molecule has 0 radical (unpaired) electrons. The Morgan fingerprint density at radius 3 is 2.35 bits per heavy atom. The first-order chi connectivity index (χ1) is 9.39. The van der Waals surface area contributed by atoms with E-state index in [9.17, 15) is 13.2 Å². The van der Waals surface area contributed by atoms with Crippen molar-refractivity contribution < 1.29 is 22.6 Å². The van der Waals surface area contributed by atoms with E-state index in [2.05, 4.69) is 4.74 Å². The number of hydrogen-bond acceptors (Lipinski definition) is 2. The molecule has 6 heteroatoms. The molecule has 0 bridgehead atoms. The molecule has 0 aliphatic heterocycles. The fourth-order valence-electron chi connectivity index (χ4n) is 1.72. The second-order valence-electron chi connectivity index (χ2n) is 3.92. The third-order valence-electron chi connectivity index (χ3n) is 2.55. The molecule has 2 aromatic rings. The van der Waals surface area contributed by atoms with E-state index in [1.165, 1.54) is 25.3 Å². The van der Waals surface area contributed by atoms with Crippen molar-refractivity contribution in [1.29, 1.82) is 0 Å². The maximum absolute atomic E-state index is 12.2. The second kappa shape index (κ2) is 5.63. The first kappa shape index (κ1) is 14.5. The summed E-state index contributed by atoms with van der Waals surface area (Å²) < 4.78 is 45.5. The highest BCUT2D eigenvalue weighted by molar-refractivity contribution is 6.33. The molecular formula is C14H10ClF3O2. The molecule has 0 spiro atoms. The maximum atomic E-state index is 12.2. The van der Waals surface area contributed by atoms with Crippen LogP contribution in [-0.4, -0.2) is 13.5 Å². The molecule has 0 fully saturated rings. The van der Waals surface area contributed by atoms with E-state index in [1.807, 2.05) is 0 Å². The maximum Gasteiger partial charge on any atom is 0.573 e. The summed E-state index contributed by atoms with van der Waals surface area (Å²) in [5, 5.41) is 0.383. The van der Waals surface area contributed by atoms with Crippen molar-refractivity contribution in [3.8, 4) is 22.6 Å². The number of hydrogen-bond donors (Lipinski definition) is 0. The fraction of sp³-hybridized carbons (Fsp3) is 0.143. The van der Waals surface area contributed by atoms with E-state index >= 15 is 0 Å². The van der Waals surface area contributed by atoms with Gasteiger partial charge in [0.1, 0.15) is 11.5 Å². The van der Waals surface area contributed by atoms with E-state index in [0.717, 1.165) is 0 Å². The van der Waals surface area contributed by atoms with E-state index in [4.69, 9.17) is 16.3 Å². The molecular weight excluding hydrogens is 293 g/mol. The highest BCUT2D eigenvalue weighted by atomic mass is 35.5. The van der Waals surface area contributed by atoms with Crippen molar-refractivity contribution in [2.24, 2.45) is 0 Å². The van der Waals surface area contributed by atoms with Crippen LogP contribution in [0.4, 0.5) is 13.2 Å². The van der Waals surface area contributed by atoms with Crippen LogP contribution in [0, 0.1) is 0 Å². The number of benzene rings is 2. The molecule has 0 heterocycles. The predicted molar refractivity (Wildman–Crippen MR) is 70.1 cm³/mol. The SMILES string of the molecule is COc1ccc(-c2cccc(OC(F)(F)F)c2)c(Cl)c1. The summed E-state index contributed by atoms with van der Waals surface area (Å²) in [5.74, 6) is 0.281. The second-order valence-corrected chi connectivity index (χ2v) is 4.33. The summed E-state index contributed by atoms with van der Waals surface area (Å²) in [6, 6.07) is 10.6. The number of rotatable bonds is 3. The van der Waals surface area contributed by atoms with Crippen LogP contribution in [0.15, 0.2) is 42.5 Å². The Morgan fingerprint density at radius 1 is 1.00 bits per heavy atom. The highest BCUT2D eigenvalue weighted by Crippen LogP contribution is 2.33. The van der Waals surface area contributed by atoms with Crippen LogP contribution in [-0.2, 0) is 0 Å². The van der Waals surface area contributed by atoms with Gasteiger partial charge in [0.05, 0.1) is 12.1 Å². The van der Waals surface area contributed by atoms with Crippen molar-refractivity contribution >= 4 is 11.6 Å². The summed E-state index contributed by atoms with van der Waals surface area (Å²) in [4.78, 5) is 0. The van der Waals surface area contributed by atoms with E-state index < -0.39 is 6.36 Å². The number of alkyl halides is 3. The quantitative estimate of drug-likeness (QED) is 0.801. The molecule has 0 saturated carbocycles. The Hall–Kier alpha value is -1.88. The molecule has 106 valence electrons. The standard InChI is InChI=1S/C14H10ClF3O2/c1-19-10-5-6-12(13(15)8-10)9-3-2-4-11(7-9)20-14(16,17)18/h2-8H,1H3. The van der Waals surface area contributed by atoms with Gasteiger partial charge in [-0.1, -0.05) is 23.7 Å². The molecule has 2 rings (SSSR count). The van der Waals surface area contributed by atoms with Crippen LogP contribution in [0.25, 0.3) is 11.1 Å². The lowest BCUT2D eigenvalue weighted by Crippen LogP contribution is -2.17. The molecule has 2 nitrogen and oxygen atoms in total. The number of halogens is 4. The van der Waals surface area contributed by atoms with Gasteiger partial charge in [-0.2, -0.15) is 0 Å². The molecule has 0 atom stereocenters.